The minimum Gasteiger partial charge on any atom is -0.480 e. The van der Waals surface area contributed by atoms with Crippen LogP contribution in [0.4, 0.5) is 17.1 Å². The van der Waals surface area contributed by atoms with Crippen molar-refractivity contribution in [1.82, 2.24) is 14.5 Å². The summed E-state index contributed by atoms with van der Waals surface area (Å²) in [6.07, 6.45) is 6.33. The number of rotatable bonds is 5. The molecule has 0 aliphatic heterocycles. The van der Waals surface area contributed by atoms with Crippen LogP contribution in [0.5, 0.6) is 0 Å². The van der Waals surface area contributed by atoms with Crippen molar-refractivity contribution in [2.45, 2.75) is 13.5 Å². The van der Waals surface area contributed by atoms with Gasteiger partial charge in [-0.3, -0.25) is 9.59 Å². The Balaban J connectivity index is 2.02. The van der Waals surface area contributed by atoms with Crippen molar-refractivity contribution in [2.75, 3.05) is 10.6 Å². The van der Waals surface area contributed by atoms with Gasteiger partial charge in [0, 0.05) is 24.2 Å². The van der Waals surface area contributed by atoms with Crippen molar-refractivity contribution < 1.29 is 14.7 Å². The normalized spacial score (nSPS) is 10.5. The summed E-state index contributed by atoms with van der Waals surface area (Å²) in [5.74, 6) is -1.18. The molecule has 2 heterocycles. The molecule has 3 N–H and O–H groups in total. The van der Waals surface area contributed by atoms with E-state index < -0.39 is 5.97 Å². The molecule has 1 amide bonds. The van der Waals surface area contributed by atoms with Crippen LogP contribution >= 0.6 is 0 Å². The molecule has 0 radical (unpaired) electrons. The summed E-state index contributed by atoms with van der Waals surface area (Å²) in [7, 11) is 0. The number of carboxylic acid groups (broad SMARTS) is 1. The number of aliphatic carboxylic acids is 1. The summed E-state index contributed by atoms with van der Waals surface area (Å²) < 4.78 is 1.58. The van der Waals surface area contributed by atoms with E-state index in [1.165, 1.54) is 13.3 Å². The number of nitrogens with zero attached hydrogens (tertiary/aromatic N) is 3. The van der Waals surface area contributed by atoms with Crippen LogP contribution in [0, 0.1) is 0 Å². The van der Waals surface area contributed by atoms with Crippen molar-refractivity contribution in [3.8, 4) is 0 Å². The molecule has 8 nitrogen and oxygen atoms in total. The molecule has 0 saturated carbocycles. The fourth-order valence-electron chi connectivity index (χ4n) is 2.47. The number of aromatic nitrogens is 3. The topological polar surface area (TPSA) is 109 Å². The van der Waals surface area contributed by atoms with Crippen molar-refractivity contribution >= 4 is 39.8 Å². The highest BCUT2D eigenvalue weighted by atomic mass is 16.4. The lowest BCUT2D eigenvalue weighted by Crippen LogP contribution is -2.08. The van der Waals surface area contributed by atoms with Gasteiger partial charge in [-0.15, -0.1) is 0 Å². The van der Waals surface area contributed by atoms with Gasteiger partial charge >= 0.3 is 5.97 Å². The molecule has 3 rings (SSSR count). The largest absolute Gasteiger partial charge is 0.480 e. The molecular formula is C16H15N5O3. The third-order valence-electron chi connectivity index (χ3n) is 3.35. The zero-order valence-corrected chi connectivity index (χ0v) is 12.9. The average Bonchev–Trinajstić information content (AvgIpc) is 2.84. The van der Waals surface area contributed by atoms with Crippen LogP contribution in [0.2, 0.25) is 0 Å². The van der Waals surface area contributed by atoms with E-state index in [1.54, 1.807) is 23.2 Å². The Bertz CT molecular complexity index is 905. The zero-order valence-electron chi connectivity index (χ0n) is 12.9. The summed E-state index contributed by atoms with van der Waals surface area (Å²) in [4.78, 5) is 30.3. The first kappa shape index (κ1) is 15.5. The molecule has 0 unspecified atom stereocenters. The molecule has 2 aromatic heterocycles. The number of benzene rings is 1. The number of fused-ring (bicyclic) bond motifs is 1. The number of carbonyl (C=O) groups excluding carboxylic acids is 1. The Kier molecular flexibility index (Phi) is 4.11. The molecule has 0 aliphatic carbocycles. The van der Waals surface area contributed by atoms with Crippen LogP contribution in [0.25, 0.3) is 10.9 Å². The van der Waals surface area contributed by atoms with E-state index in [0.717, 1.165) is 16.8 Å². The van der Waals surface area contributed by atoms with Crippen molar-refractivity contribution in [3.05, 3.63) is 43.1 Å². The van der Waals surface area contributed by atoms with E-state index in [0.29, 0.717) is 11.2 Å². The predicted molar refractivity (Wildman–Crippen MR) is 89.2 cm³/mol. The summed E-state index contributed by atoms with van der Waals surface area (Å²) in [5.41, 5.74) is 2.75. The molecule has 3 aromatic rings. The van der Waals surface area contributed by atoms with Gasteiger partial charge in [-0.05, 0) is 18.2 Å². The highest BCUT2D eigenvalue weighted by Gasteiger charge is 2.12. The van der Waals surface area contributed by atoms with Gasteiger partial charge in [0.15, 0.2) is 0 Å². The van der Waals surface area contributed by atoms with Gasteiger partial charge in [-0.1, -0.05) is 0 Å². The number of amides is 1. The minimum absolute atomic E-state index is 0.200. The van der Waals surface area contributed by atoms with Gasteiger partial charge in [0.1, 0.15) is 12.9 Å². The lowest BCUT2D eigenvalue weighted by Gasteiger charge is -2.07. The number of hydrogen-bond donors (Lipinski definition) is 3. The Hall–Kier alpha value is -3.42. The van der Waals surface area contributed by atoms with E-state index in [1.807, 2.05) is 18.2 Å². The Morgan fingerprint density at radius 3 is 2.62 bits per heavy atom. The molecule has 0 saturated heterocycles. The maximum atomic E-state index is 11.3. The molecule has 0 fully saturated rings. The van der Waals surface area contributed by atoms with Crippen LogP contribution in [0.15, 0.2) is 43.1 Å². The number of carbonyl (C=O) groups is 2. The van der Waals surface area contributed by atoms with Crippen LogP contribution in [-0.4, -0.2) is 31.5 Å². The number of carboxylic acids is 1. The third kappa shape index (κ3) is 3.32. The molecule has 0 aliphatic rings. The second kappa shape index (κ2) is 6.37. The van der Waals surface area contributed by atoms with E-state index in [-0.39, 0.29) is 12.5 Å². The molecule has 1 aromatic carbocycles. The molecule has 0 bridgehead atoms. The fraction of sp³-hybridized carbons (Fsp3) is 0.125. The predicted octanol–water partition coefficient (Wildman–Crippen LogP) is 2.22. The Labute approximate surface area is 137 Å². The zero-order chi connectivity index (χ0) is 17.1. The van der Waals surface area contributed by atoms with Crippen molar-refractivity contribution in [3.63, 3.8) is 0 Å². The number of anilines is 3. The van der Waals surface area contributed by atoms with Crippen LogP contribution in [0.3, 0.4) is 0 Å². The highest BCUT2D eigenvalue weighted by Crippen LogP contribution is 2.29. The van der Waals surface area contributed by atoms with Gasteiger partial charge in [0.2, 0.25) is 5.91 Å². The van der Waals surface area contributed by atoms with Gasteiger partial charge in [0.05, 0.1) is 29.3 Å². The monoisotopic (exact) mass is 325 g/mol. The SMILES string of the molecule is CC(=O)Nc1cn(CC(=O)O)c2cc(Nc3cncnc3)ccc12. The van der Waals surface area contributed by atoms with E-state index >= 15 is 0 Å². The molecule has 8 heteroatoms. The summed E-state index contributed by atoms with van der Waals surface area (Å²) >= 11 is 0. The van der Waals surface area contributed by atoms with Gasteiger partial charge < -0.3 is 20.3 Å². The first-order valence-corrected chi connectivity index (χ1v) is 7.17. The average molecular weight is 325 g/mol. The minimum atomic E-state index is -0.962. The van der Waals surface area contributed by atoms with Crippen LogP contribution < -0.4 is 10.6 Å². The first-order valence-electron chi connectivity index (χ1n) is 7.17. The lowest BCUT2D eigenvalue weighted by atomic mass is 10.2. The van der Waals surface area contributed by atoms with Crippen molar-refractivity contribution in [2.24, 2.45) is 0 Å². The molecule has 24 heavy (non-hydrogen) atoms. The number of hydrogen-bond acceptors (Lipinski definition) is 5. The smallest absolute Gasteiger partial charge is 0.323 e. The van der Waals surface area contributed by atoms with E-state index in [2.05, 4.69) is 20.6 Å². The van der Waals surface area contributed by atoms with E-state index in [9.17, 15) is 9.59 Å². The molecule has 122 valence electrons. The maximum absolute atomic E-state index is 11.3. The lowest BCUT2D eigenvalue weighted by molar-refractivity contribution is -0.137. The second-order valence-electron chi connectivity index (χ2n) is 5.23. The summed E-state index contributed by atoms with van der Waals surface area (Å²) in [5, 5.41) is 15.7. The molecular weight excluding hydrogens is 310 g/mol. The van der Waals surface area contributed by atoms with Gasteiger partial charge in [-0.2, -0.15) is 0 Å². The van der Waals surface area contributed by atoms with Gasteiger partial charge in [-0.25, -0.2) is 9.97 Å². The van der Waals surface area contributed by atoms with Crippen molar-refractivity contribution in [1.29, 1.82) is 0 Å². The summed E-state index contributed by atoms with van der Waals surface area (Å²) in [6.45, 7) is 1.21. The Morgan fingerprint density at radius 2 is 1.96 bits per heavy atom. The molecule has 0 spiro atoms. The summed E-state index contributed by atoms with van der Waals surface area (Å²) in [6, 6.07) is 5.48. The highest BCUT2D eigenvalue weighted by molar-refractivity contribution is 6.02. The van der Waals surface area contributed by atoms with Crippen LogP contribution in [-0.2, 0) is 16.1 Å². The second-order valence-corrected chi connectivity index (χ2v) is 5.23. The van der Waals surface area contributed by atoms with Gasteiger partial charge in [0.25, 0.3) is 0 Å². The quantitative estimate of drug-likeness (QED) is 0.663. The van der Waals surface area contributed by atoms with Crippen LogP contribution in [0.1, 0.15) is 6.92 Å². The third-order valence-corrected chi connectivity index (χ3v) is 3.35. The number of nitrogens with one attached hydrogen (secondary N) is 2. The Morgan fingerprint density at radius 1 is 1.21 bits per heavy atom. The first-order chi connectivity index (χ1) is 11.5. The maximum Gasteiger partial charge on any atom is 0.323 e. The fourth-order valence-corrected chi connectivity index (χ4v) is 2.47. The van der Waals surface area contributed by atoms with E-state index in [4.69, 9.17) is 5.11 Å². The molecule has 0 atom stereocenters. The standard InChI is InChI=1S/C16H15N5O3/c1-10(22)19-14-7-21(8-16(23)24)15-4-11(2-3-13(14)15)20-12-5-17-9-18-6-12/h2-7,9,20H,8H2,1H3,(H,19,22)(H,23,24).